The fraction of sp³-hybridized carbons (Fsp3) is 0.600. The van der Waals surface area contributed by atoms with Crippen molar-refractivity contribution in [2.75, 3.05) is 0 Å². The van der Waals surface area contributed by atoms with Gasteiger partial charge in [0.2, 0.25) is 0 Å². The molecule has 2 rings (SSSR count). The summed E-state index contributed by atoms with van der Waals surface area (Å²) in [5.74, 6) is -0.464. The third-order valence-corrected chi connectivity index (χ3v) is 4.30. The standard InChI is InChI=1S/C20H30N2O4/c1-20(2,3)26-18(23)17(21)15-11-9-14(10-12-15)13-25-19(24)22-16-7-5-4-6-8-16/h9-12,16-17H,4-8,13,21H2,1-3H3,(H,22,24). The average molecular weight is 362 g/mol. The molecular weight excluding hydrogens is 332 g/mol. The number of hydrogen-bond acceptors (Lipinski definition) is 5. The molecule has 6 heteroatoms. The summed E-state index contributed by atoms with van der Waals surface area (Å²) in [5.41, 5.74) is 6.88. The molecular formula is C20H30N2O4. The molecule has 1 aromatic carbocycles. The van der Waals surface area contributed by atoms with Crippen molar-refractivity contribution in [2.45, 2.75) is 77.2 Å². The van der Waals surface area contributed by atoms with Crippen LogP contribution in [0.2, 0.25) is 0 Å². The Morgan fingerprint density at radius 1 is 1.15 bits per heavy atom. The zero-order valence-corrected chi connectivity index (χ0v) is 15.9. The van der Waals surface area contributed by atoms with Crippen LogP contribution in [0.4, 0.5) is 4.79 Å². The molecule has 1 saturated carbocycles. The van der Waals surface area contributed by atoms with E-state index in [1.807, 2.05) is 0 Å². The molecule has 6 nitrogen and oxygen atoms in total. The summed E-state index contributed by atoms with van der Waals surface area (Å²) in [6.45, 7) is 5.59. The van der Waals surface area contributed by atoms with Crippen LogP contribution in [-0.4, -0.2) is 23.7 Å². The van der Waals surface area contributed by atoms with Crippen LogP contribution in [0, 0.1) is 0 Å². The van der Waals surface area contributed by atoms with Crippen LogP contribution in [0.15, 0.2) is 24.3 Å². The van der Waals surface area contributed by atoms with E-state index in [1.165, 1.54) is 6.42 Å². The fourth-order valence-electron chi connectivity index (χ4n) is 2.93. The molecule has 0 heterocycles. The molecule has 1 aliphatic carbocycles. The van der Waals surface area contributed by atoms with Crippen LogP contribution in [0.5, 0.6) is 0 Å². The second-order valence-corrected chi connectivity index (χ2v) is 7.81. The van der Waals surface area contributed by atoms with Gasteiger partial charge in [-0.3, -0.25) is 0 Å². The van der Waals surface area contributed by atoms with Crippen LogP contribution in [0.1, 0.15) is 70.0 Å². The zero-order valence-electron chi connectivity index (χ0n) is 15.9. The van der Waals surface area contributed by atoms with Gasteiger partial charge in [-0.25, -0.2) is 9.59 Å². The summed E-state index contributed by atoms with van der Waals surface area (Å²) in [6, 6.07) is 6.50. The molecule has 26 heavy (non-hydrogen) atoms. The van der Waals surface area contributed by atoms with Crippen molar-refractivity contribution in [3.05, 3.63) is 35.4 Å². The molecule has 1 aromatic rings. The van der Waals surface area contributed by atoms with E-state index < -0.39 is 17.6 Å². The van der Waals surface area contributed by atoms with Gasteiger partial charge >= 0.3 is 12.1 Å². The maximum Gasteiger partial charge on any atom is 0.407 e. The predicted molar refractivity (Wildman–Crippen MR) is 99.4 cm³/mol. The monoisotopic (exact) mass is 362 g/mol. The number of carbonyl (C=O) groups excluding carboxylic acids is 2. The molecule has 1 aliphatic rings. The van der Waals surface area contributed by atoms with Crippen molar-refractivity contribution in [3.63, 3.8) is 0 Å². The molecule has 1 amide bonds. The third-order valence-electron chi connectivity index (χ3n) is 4.30. The van der Waals surface area contributed by atoms with E-state index in [0.29, 0.717) is 5.56 Å². The lowest BCUT2D eigenvalue weighted by Gasteiger charge is -2.22. The minimum atomic E-state index is -0.834. The van der Waals surface area contributed by atoms with E-state index >= 15 is 0 Å². The SMILES string of the molecule is CC(C)(C)OC(=O)C(N)c1ccc(COC(=O)NC2CCCCC2)cc1. The van der Waals surface area contributed by atoms with Crippen LogP contribution in [0.3, 0.4) is 0 Å². The van der Waals surface area contributed by atoms with Gasteiger partial charge in [0.25, 0.3) is 0 Å². The highest BCUT2D eigenvalue weighted by Crippen LogP contribution is 2.19. The highest BCUT2D eigenvalue weighted by molar-refractivity contribution is 5.77. The summed E-state index contributed by atoms with van der Waals surface area (Å²) in [4.78, 5) is 23.9. The summed E-state index contributed by atoms with van der Waals surface area (Å²) >= 11 is 0. The van der Waals surface area contributed by atoms with Crippen molar-refractivity contribution >= 4 is 12.1 Å². The topological polar surface area (TPSA) is 90.7 Å². The minimum Gasteiger partial charge on any atom is -0.459 e. The first-order chi connectivity index (χ1) is 12.2. The van der Waals surface area contributed by atoms with E-state index in [2.05, 4.69) is 5.32 Å². The summed E-state index contributed by atoms with van der Waals surface area (Å²) < 4.78 is 10.6. The normalized spacial score (nSPS) is 16.6. The van der Waals surface area contributed by atoms with Crippen molar-refractivity contribution in [2.24, 2.45) is 5.73 Å². The van der Waals surface area contributed by atoms with Crippen molar-refractivity contribution in [3.8, 4) is 0 Å². The lowest BCUT2D eigenvalue weighted by Crippen LogP contribution is -2.36. The number of nitrogens with two attached hydrogens (primary N) is 1. The first-order valence-corrected chi connectivity index (χ1v) is 9.25. The van der Waals surface area contributed by atoms with Crippen LogP contribution in [-0.2, 0) is 20.9 Å². The lowest BCUT2D eigenvalue weighted by atomic mass is 9.96. The molecule has 3 N–H and O–H groups in total. The molecule has 0 spiro atoms. The first kappa shape index (κ1) is 20.2. The minimum absolute atomic E-state index is 0.181. The molecule has 0 bridgehead atoms. The third kappa shape index (κ3) is 6.67. The van der Waals surface area contributed by atoms with Crippen LogP contribution < -0.4 is 11.1 Å². The quantitative estimate of drug-likeness (QED) is 0.781. The lowest BCUT2D eigenvalue weighted by molar-refractivity contribution is -0.156. The average Bonchev–Trinajstić information content (AvgIpc) is 2.59. The Hall–Kier alpha value is -2.08. The molecule has 1 unspecified atom stereocenters. The highest BCUT2D eigenvalue weighted by atomic mass is 16.6. The summed E-state index contributed by atoms with van der Waals surface area (Å²) in [7, 11) is 0. The van der Waals surface area contributed by atoms with E-state index in [-0.39, 0.29) is 18.7 Å². The Balaban J connectivity index is 1.81. The molecule has 0 radical (unpaired) electrons. The van der Waals surface area contributed by atoms with Gasteiger partial charge in [-0.15, -0.1) is 0 Å². The van der Waals surface area contributed by atoms with Gasteiger partial charge in [-0.1, -0.05) is 43.5 Å². The smallest absolute Gasteiger partial charge is 0.407 e. The number of nitrogens with one attached hydrogen (secondary N) is 1. The maximum atomic E-state index is 12.0. The number of rotatable bonds is 5. The summed E-state index contributed by atoms with van der Waals surface area (Å²) in [5, 5.41) is 2.91. The number of carbonyl (C=O) groups is 2. The highest BCUT2D eigenvalue weighted by Gasteiger charge is 2.23. The van der Waals surface area contributed by atoms with Gasteiger partial charge in [0.1, 0.15) is 18.2 Å². The largest absolute Gasteiger partial charge is 0.459 e. The van der Waals surface area contributed by atoms with E-state index in [4.69, 9.17) is 15.2 Å². The van der Waals surface area contributed by atoms with Crippen LogP contribution >= 0.6 is 0 Å². The van der Waals surface area contributed by atoms with E-state index in [9.17, 15) is 9.59 Å². The van der Waals surface area contributed by atoms with Gasteiger partial charge in [0, 0.05) is 6.04 Å². The molecule has 0 aliphatic heterocycles. The molecule has 144 valence electrons. The fourth-order valence-corrected chi connectivity index (χ4v) is 2.93. The van der Waals surface area contributed by atoms with Crippen molar-refractivity contribution in [1.82, 2.24) is 5.32 Å². The van der Waals surface area contributed by atoms with Crippen molar-refractivity contribution < 1.29 is 19.1 Å². The number of ether oxygens (including phenoxy) is 2. The number of alkyl carbamates (subject to hydrolysis) is 1. The second kappa shape index (κ2) is 9.03. The summed E-state index contributed by atoms with van der Waals surface area (Å²) in [6.07, 6.45) is 5.21. The predicted octanol–water partition coefficient (Wildman–Crippen LogP) is 3.59. The number of esters is 1. The molecule has 0 saturated heterocycles. The van der Waals surface area contributed by atoms with Crippen molar-refractivity contribution in [1.29, 1.82) is 0 Å². The van der Waals surface area contributed by atoms with Gasteiger partial charge in [-0.05, 0) is 44.7 Å². The van der Waals surface area contributed by atoms with E-state index in [1.54, 1.807) is 45.0 Å². The van der Waals surface area contributed by atoms with Crippen LogP contribution in [0.25, 0.3) is 0 Å². The second-order valence-electron chi connectivity index (χ2n) is 7.81. The van der Waals surface area contributed by atoms with Gasteiger partial charge in [0.15, 0.2) is 0 Å². The van der Waals surface area contributed by atoms with Gasteiger partial charge < -0.3 is 20.5 Å². The number of amides is 1. The van der Waals surface area contributed by atoms with Gasteiger partial charge in [0.05, 0.1) is 0 Å². The molecule has 0 aromatic heterocycles. The zero-order chi connectivity index (χ0) is 19.2. The number of hydrogen-bond donors (Lipinski definition) is 2. The Morgan fingerprint density at radius 2 is 1.77 bits per heavy atom. The number of benzene rings is 1. The molecule has 1 fully saturated rings. The van der Waals surface area contributed by atoms with Gasteiger partial charge in [-0.2, -0.15) is 0 Å². The Morgan fingerprint density at radius 3 is 2.35 bits per heavy atom. The first-order valence-electron chi connectivity index (χ1n) is 9.25. The Kier molecular flexibility index (Phi) is 7.03. The Labute approximate surface area is 155 Å². The molecule has 1 atom stereocenters. The van der Waals surface area contributed by atoms with E-state index in [0.717, 1.165) is 31.2 Å². The Bertz CT molecular complexity index is 601. The maximum absolute atomic E-state index is 12.0.